The van der Waals surface area contributed by atoms with Crippen LogP contribution < -0.4 is 5.32 Å². The smallest absolute Gasteiger partial charge is 0.338 e. The first kappa shape index (κ1) is 62.6. The van der Waals surface area contributed by atoms with Crippen LogP contribution in [-0.4, -0.2) is 71.4 Å². The fourth-order valence-corrected chi connectivity index (χ4v) is 10.6. The molecule has 10 nitrogen and oxygen atoms in total. The molecule has 3 rings (SSSR count). The number of thioether (sulfide) groups is 1. The lowest BCUT2D eigenvalue weighted by atomic mass is 9.91. The number of carbonyl (C=O) groups is 4. The Balaban J connectivity index is 1.48. The van der Waals surface area contributed by atoms with Crippen molar-refractivity contribution >= 4 is 35.6 Å². The normalized spacial score (nSPS) is 18.7. The average molecular weight is 1020 g/mol. The summed E-state index contributed by atoms with van der Waals surface area (Å²) in [6.45, 7) is 8.04. The zero-order valence-corrected chi connectivity index (χ0v) is 46.0. The van der Waals surface area contributed by atoms with Crippen LogP contribution in [0.25, 0.3) is 0 Å². The van der Waals surface area contributed by atoms with Crippen LogP contribution in [0.2, 0.25) is 0 Å². The second-order valence-corrected chi connectivity index (χ2v) is 21.4. The largest absolute Gasteiger partial charge is 0.463 e. The monoisotopic (exact) mass is 1020 g/mol. The van der Waals surface area contributed by atoms with Gasteiger partial charge >= 0.3 is 17.9 Å². The number of amides is 1. The highest BCUT2D eigenvalue weighted by atomic mass is 32.2. The second kappa shape index (κ2) is 40.7. The molecule has 72 heavy (non-hydrogen) atoms. The molecule has 1 heterocycles. The van der Waals surface area contributed by atoms with E-state index < -0.39 is 59.7 Å². The maximum absolute atomic E-state index is 13.4. The molecule has 1 aliphatic heterocycles. The van der Waals surface area contributed by atoms with Gasteiger partial charge in [-0.25, -0.2) is 4.79 Å². The van der Waals surface area contributed by atoms with Crippen LogP contribution >= 0.6 is 11.8 Å². The molecule has 2 aromatic carbocycles. The summed E-state index contributed by atoms with van der Waals surface area (Å²) in [6, 6.07) is 17.8. The Morgan fingerprint density at radius 1 is 0.639 bits per heavy atom. The number of carbonyl (C=O) groups excluding carboxylic acids is 4. The molecule has 1 amide bonds. The van der Waals surface area contributed by atoms with E-state index in [-0.39, 0.29) is 25.4 Å². The molecule has 1 saturated heterocycles. The summed E-state index contributed by atoms with van der Waals surface area (Å²) in [5, 5.41) is 14.5. The summed E-state index contributed by atoms with van der Waals surface area (Å²) in [4.78, 5) is 53.8. The van der Waals surface area contributed by atoms with Crippen molar-refractivity contribution in [1.82, 2.24) is 5.32 Å². The van der Waals surface area contributed by atoms with Crippen LogP contribution in [0.5, 0.6) is 0 Å². The number of unbranched alkanes of at least 4 members (excludes halogenated alkanes) is 25. The van der Waals surface area contributed by atoms with Gasteiger partial charge in [0.1, 0.15) is 30.4 Å². The highest BCUT2D eigenvalue weighted by molar-refractivity contribution is 7.99. The van der Waals surface area contributed by atoms with Gasteiger partial charge in [-0.1, -0.05) is 236 Å². The van der Waals surface area contributed by atoms with Crippen LogP contribution in [0.15, 0.2) is 77.7 Å². The molecule has 0 radical (unpaired) electrons. The van der Waals surface area contributed by atoms with Crippen molar-refractivity contribution in [3.05, 3.63) is 78.4 Å². The van der Waals surface area contributed by atoms with Crippen LogP contribution in [0.4, 0.5) is 0 Å². The lowest BCUT2D eigenvalue weighted by Crippen LogP contribution is -2.55. The molecule has 406 valence electrons. The van der Waals surface area contributed by atoms with E-state index in [1.54, 1.807) is 31.2 Å². The SMILES string of the molecule is CCCCCCCCCCCCC/C=C/[C@@H](OC(=O)CCC(=O)OCC1O[C@@H](Sc2ccccc2)C(OC(=O)c2ccccc2)[C@@H](C)[C@@H]1O)[C@H](CC)NC(=O)CCCCCCCCCCCCCCCCC. The average Bonchev–Trinajstić information content (AvgIpc) is 3.39. The van der Waals surface area contributed by atoms with Gasteiger partial charge in [0.15, 0.2) is 0 Å². The Morgan fingerprint density at radius 3 is 1.65 bits per heavy atom. The van der Waals surface area contributed by atoms with Crippen LogP contribution in [0.1, 0.15) is 237 Å². The van der Waals surface area contributed by atoms with Crippen molar-refractivity contribution in [2.75, 3.05) is 6.61 Å². The summed E-state index contributed by atoms with van der Waals surface area (Å²) in [5.41, 5.74) is -0.312. The van der Waals surface area contributed by atoms with Crippen molar-refractivity contribution in [2.24, 2.45) is 5.92 Å². The van der Waals surface area contributed by atoms with Gasteiger partial charge in [-0.2, -0.15) is 0 Å². The number of aliphatic hydroxyl groups excluding tert-OH is 1. The summed E-state index contributed by atoms with van der Waals surface area (Å²) in [5.74, 6) is -2.30. The number of rotatable bonds is 42. The van der Waals surface area contributed by atoms with E-state index in [2.05, 4.69) is 25.2 Å². The summed E-state index contributed by atoms with van der Waals surface area (Å²) in [6.07, 6.45) is 34.9. The van der Waals surface area contributed by atoms with Gasteiger partial charge in [0.05, 0.1) is 30.6 Å². The quantitative estimate of drug-likeness (QED) is 0.0286. The van der Waals surface area contributed by atoms with Gasteiger partial charge < -0.3 is 29.4 Å². The Morgan fingerprint density at radius 2 is 1.12 bits per heavy atom. The number of benzene rings is 2. The first-order chi connectivity index (χ1) is 35.2. The molecule has 11 heteroatoms. The standard InChI is InChI=1S/C61H97NO9S/c1-5-8-10-12-14-16-18-20-21-23-25-27-29-31-39-45-55(63)62-52(7-3)53(44-38-30-28-26-24-22-19-17-15-13-11-9-6-2)69-57(65)47-46-56(64)68-48-54-58(66)49(4)59(71-60(67)50-40-34-32-35-41-50)61(70-54)72-51-42-36-33-37-43-51/h32-38,40-44,49,52-54,58-59,61,66H,5-31,39,45-48H2,1-4H3,(H,62,63)/b44-38+/t49-,52-,53+,54?,58-,59?,61-/m0/s1. The van der Waals surface area contributed by atoms with Crippen LogP contribution in [0.3, 0.4) is 0 Å². The number of allylic oxidation sites excluding steroid dienone is 1. The van der Waals surface area contributed by atoms with Crippen LogP contribution in [-0.2, 0) is 33.3 Å². The van der Waals surface area contributed by atoms with E-state index in [0.717, 1.165) is 43.4 Å². The maximum Gasteiger partial charge on any atom is 0.338 e. The van der Waals surface area contributed by atoms with Gasteiger partial charge in [0.25, 0.3) is 0 Å². The van der Waals surface area contributed by atoms with Crippen molar-refractivity contribution in [3.63, 3.8) is 0 Å². The van der Waals surface area contributed by atoms with E-state index in [1.807, 2.05) is 49.4 Å². The summed E-state index contributed by atoms with van der Waals surface area (Å²) in [7, 11) is 0. The molecular weight excluding hydrogens is 923 g/mol. The Labute approximate surface area is 440 Å². The van der Waals surface area contributed by atoms with Crippen molar-refractivity contribution in [1.29, 1.82) is 0 Å². The number of nitrogens with one attached hydrogen (secondary N) is 1. The van der Waals surface area contributed by atoms with Gasteiger partial charge in [-0.05, 0) is 56.0 Å². The van der Waals surface area contributed by atoms with Crippen molar-refractivity contribution in [2.45, 2.75) is 268 Å². The maximum atomic E-state index is 13.4. The van der Waals surface area contributed by atoms with Gasteiger partial charge in [-0.15, -0.1) is 0 Å². The second-order valence-electron chi connectivity index (χ2n) is 20.2. The molecule has 2 aromatic rings. The zero-order valence-electron chi connectivity index (χ0n) is 45.2. The molecule has 7 atom stereocenters. The first-order valence-corrected chi connectivity index (χ1v) is 29.7. The molecule has 0 aromatic heterocycles. The first-order valence-electron chi connectivity index (χ1n) is 28.8. The number of hydrogen-bond acceptors (Lipinski definition) is 10. The predicted molar refractivity (Wildman–Crippen MR) is 294 cm³/mol. The van der Waals surface area contributed by atoms with Gasteiger partial charge in [0.2, 0.25) is 5.91 Å². The minimum atomic E-state index is -1.11. The third kappa shape index (κ3) is 28.1. The Bertz CT molecular complexity index is 1730. The Kier molecular flexibility index (Phi) is 35.4. The summed E-state index contributed by atoms with van der Waals surface area (Å²) >= 11 is 1.36. The molecule has 1 aliphatic rings. The van der Waals surface area contributed by atoms with E-state index in [4.69, 9.17) is 18.9 Å². The predicted octanol–water partition coefficient (Wildman–Crippen LogP) is 15.4. The minimum Gasteiger partial charge on any atom is -0.463 e. The molecule has 2 unspecified atom stereocenters. The van der Waals surface area contributed by atoms with Crippen molar-refractivity contribution in [3.8, 4) is 0 Å². The molecule has 0 spiro atoms. The van der Waals surface area contributed by atoms with Gasteiger partial charge in [0, 0.05) is 17.2 Å². The van der Waals surface area contributed by atoms with E-state index >= 15 is 0 Å². The lowest BCUT2D eigenvalue weighted by Gasteiger charge is -2.42. The highest BCUT2D eigenvalue weighted by Crippen LogP contribution is 2.38. The molecule has 0 saturated carbocycles. The number of esters is 3. The number of ether oxygens (including phenoxy) is 4. The van der Waals surface area contributed by atoms with Crippen molar-refractivity contribution < 1.29 is 43.2 Å². The third-order valence-corrected chi connectivity index (χ3v) is 15.1. The highest BCUT2D eigenvalue weighted by Gasteiger charge is 2.46. The van der Waals surface area contributed by atoms with Gasteiger partial charge in [-0.3, -0.25) is 14.4 Å². The number of hydrogen-bond donors (Lipinski definition) is 2. The topological polar surface area (TPSA) is 137 Å². The molecule has 1 fully saturated rings. The Hall–Kier alpha value is -3.67. The lowest BCUT2D eigenvalue weighted by molar-refractivity contribution is -0.188. The molecule has 0 aliphatic carbocycles. The third-order valence-electron chi connectivity index (χ3n) is 14.0. The summed E-state index contributed by atoms with van der Waals surface area (Å²) < 4.78 is 23.9. The molecule has 0 bridgehead atoms. The van der Waals surface area contributed by atoms with E-state index in [1.165, 1.54) is 147 Å². The van der Waals surface area contributed by atoms with Crippen LogP contribution in [0, 0.1) is 5.92 Å². The molecular formula is C61H97NO9S. The molecule has 2 N–H and O–H groups in total. The fraction of sp³-hybridized carbons (Fsp3) is 0.705. The zero-order chi connectivity index (χ0) is 51.9. The fourth-order valence-electron chi connectivity index (χ4n) is 9.33. The minimum absolute atomic E-state index is 0.0357. The van der Waals surface area contributed by atoms with E-state index in [9.17, 15) is 24.3 Å². The number of aliphatic hydroxyl groups is 1. The van der Waals surface area contributed by atoms with E-state index in [0.29, 0.717) is 18.4 Å².